The van der Waals surface area contributed by atoms with Gasteiger partial charge in [0.05, 0.1) is 5.52 Å². The average Bonchev–Trinajstić information content (AvgIpc) is 2.83. The molecule has 0 atom stereocenters. The number of fused-ring (bicyclic) bond motifs is 1. The molecule has 2 aromatic heterocycles. The van der Waals surface area contributed by atoms with E-state index in [4.69, 9.17) is 5.21 Å². The van der Waals surface area contributed by atoms with Crippen molar-refractivity contribution in [2.24, 2.45) is 0 Å². The van der Waals surface area contributed by atoms with E-state index < -0.39 is 5.91 Å². The number of pyridine rings is 2. The number of piperidine rings is 1. The van der Waals surface area contributed by atoms with Crippen molar-refractivity contribution < 1.29 is 14.8 Å². The number of benzene rings is 1. The Labute approximate surface area is 179 Å². The maximum absolute atomic E-state index is 12.7. The van der Waals surface area contributed by atoms with Gasteiger partial charge in [-0.05, 0) is 48.7 Å². The predicted molar refractivity (Wildman–Crippen MR) is 118 cm³/mol. The summed E-state index contributed by atoms with van der Waals surface area (Å²) in [6.07, 6.45) is 7.96. The number of nitrogens with one attached hydrogen (secondary N) is 2. The highest BCUT2D eigenvalue weighted by atomic mass is 16.5. The zero-order valence-corrected chi connectivity index (χ0v) is 16.9. The average molecular weight is 417 g/mol. The Morgan fingerprint density at radius 2 is 1.90 bits per heavy atom. The van der Waals surface area contributed by atoms with E-state index in [0.717, 1.165) is 48.1 Å². The van der Waals surface area contributed by atoms with Crippen molar-refractivity contribution in [1.29, 1.82) is 0 Å². The highest BCUT2D eigenvalue weighted by molar-refractivity contribution is 5.95. The number of hydroxylamine groups is 1. The lowest BCUT2D eigenvalue weighted by Crippen LogP contribution is -2.45. The molecule has 158 valence electrons. The molecule has 4 rings (SSSR count). The molecule has 8 nitrogen and oxygen atoms in total. The number of hydrogen-bond donors (Lipinski definition) is 3. The third-order valence-electron chi connectivity index (χ3n) is 5.35. The molecule has 3 heterocycles. The standard InChI is InChI=1S/C23H23N5O3/c29-22(27-31)8-6-16-3-1-2-4-21(16)28-13-10-18(11-14-28)25-23(30)20-7-5-17-15-24-12-9-19(17)26-20/h1-9,12,15,18,31H,10-11,13-14H2,(H,25,30)(H,27,29). The predicted octanol–water partition coefficient (Wildman–Crippen LogP) is 2.55. The lowest BCUT2D eigenvalue weighted by atomic mass is 10.0. The summed E-state index contributed by atoms with van der Waals surface area (Å²) in [7, 11) is 0. The summed E-state index contributed by atoms with van der Waals surface area (Å²) < 4.78 is 0. The maximum Gasteiger partial charge on any atom is 0.270 e. The minimum atomic E-state index is -0.574. The molecule has 31 heavy (non-hydrogen) atoms. The van der Waals surface area contributed by atoms with E-state index in [9.17, 15) is 9.59 Å². The number of nitrogens with zero attached hydrogens (tertiary/aromatic N) is 3. The van der Waals surface area contributed by atoms with Crippen LogP contribution in [-0.4, -0.2) is 46.1 Å². The second kappa shape index (κ2) is 9.36. The summed E-state index contributed by atoms with van der Waals surface area (Å²) in [6, 6.07) is 13.2. The minimum Gasteiger partial charge on any atom is -0.371 e. The molecule has 2 amide bonds. The molecule has 0 aliphatic carbocycles. The molecule has 3 aromatic rings. The molecule has 0 unspecified atom stereocenters. The Morgan fingerprint density at radius 3 is 2.71 bits per heavy atom. The van der Waals surface area contributed by atoms with Gasteiger partial charge in [-0.15, -0.1) is 0 Å². The van der Waals surface area contributed by atoms with E-state index in [2.05, 4.69) is 20.2 Å². The van der Waals surface area contributed by atoms with E-state index in [0.29, 0.717) is 5.69 Å². The largest absolute Gasteiger partial charge is 0.371 e. The molecular weight excluding hydrogens is 394 g/mol. The van der Waals surface area contributed by atoms with Crippen LogP contribution >= 0.6 is 0 Å². The molecule has 3 N–H and O–H groups in total. The number of carbonyl (C=O) groups excluding carboxylic acids is 2. The van der Waals surface area contributed by atoms with Crippen molar-refractivity contribution in [2.45, 2.75) is 18.9 Å². The zero-order valence-electron chi connectivity index (χ0n) is 16.9. The summed E-state index contributed by atoms with van der Waals surface area (Å²) in [4.78, 5) is 34.7. The van der Waals surface area contributed by atoms with E-state index in [-0.39, 0.29) is 11.9 Å². The number of aromatic nitrogens is 2. The van der Waals surface area contributed by atoms with Crippen molar-refractivity contribution in [3.63, 3.8) is 0 Å². The van der Waals surface area contributed by atoms with Crippen molar-refractivity contribution in [1.82, 2.24) is 20.8 Å². The maximum atomic E-state index is 12.7. The molecule has 0 spiro atoms. The Morgan fingerprint density at radius 1 is 1.10 bits per heavy atom. The molecular formula is C23H23N5O3. The topological polar surface area (TPSA) is 107 Å². The lowest BCUT2D eigenvalue weighted by Gasteiger charge is -2.34. The molecule has 8 heteroatoms. The van der Waals surface area contributed by atoms with Crippen molar-refractivity contribution >= 4 is 34.5 Å². The van der Waals surface area contributed by atoms with Crippen molar-refractivity contribution in [3.8, 4) is 0 Å². The van der Waals surface area contributed by atoms with E-state index in [1.54, 1.807) is 36.1 Å². The fourth-order valence-electron chi connectivity index (χ4n) is 3.74. The summed E-state index contributed by atoms with van der Waals surface area (Å²) >= 11 is 0. The summed E-state index contributed by atoms with van der Waals surface area (Å²) in [5, 5.41) is 12.7. The van der Waals surface area contributed by atoms with Gasteiger partial charge in [0.15, 0.2) is 0 Å². The van der Waals surface area contributed by atoms with Crippen LogP contribution in [0.3, 0.4) is 0 Å². The molecule has 0 radical (unpaired) electrons. The Hall–Kier alpha value is -3.78. The van der Waals surface area contributed by atoms with Gasteiger partial charge in [0, 0.05) is 48.7 Å². The van der Waals surface area contributed by atoms with Gasteiger partial charge < -0.3 is 10.2 Å². The van der Waals surface area contributed by atoms with Crippen LogP contribution in [0, 0.1) is 0 Å². The summed E-state index contributed by atoms with van der Waals surface area (Å²) in [5.41, 5.74) is 4.65. The van der Waals surface area contributed by atoms with Gasteiger partial charge in [-0.2, -0.15) is 0 Å². The third-order valence-corrected chi connectivity index (χ3v) is 5.35. The smallest absolute Gasteiger partial charge is 0.270 e. The lowest BCUT2D eigenvalue weighted by molar-refractivity contribution is -0.124. The van der Waals surface area contributed by atoms with Crippen LogP contribution in [-0.2, 0) is 4.79 Å². The number of rotatable bonds is 5. The van der Waals surface area contributed by atoms with Crippen LogP contribution in [0.15, 0.2) is 60.9 Å². The monoisotopic (exact) mass is 417 g/mol. The van der Waals surface area contributed by atoms with E-state index in [1.807, 2.05) is 30.3 Å². The quantitative estimate of drug-likeness (QED) is 0.335. The number of anilines is 1. The van der Waals surface area contributed by atoms with Crippen molar-refractivity contribution in [3.05, 3.63) is 72.2 Å². The first kappa shape index (κ1) is 20.5. The number of carbonyl (C=O) groups is 2. The van der Waals surface area contributed by atoms with Gasteiger partial charge in [-0.3, -0.25) is 19.8 Å². The van der Waals surface area contributed by atoms with Gasteiger partial charge in [0.2, 0.25) is 0 Å². The zero-order chi connectivity index (χ0) is 21.6. The minimum absolute atomic E-state index is 0.0709. The number of para-hydroxylation sites is 1. The van der Waals surface area contributed by atoms with Gasteiger partial charge in [0.25, 0.3) is 11.8 Å². The number of hydrogen-bond acceptors (Lipinski definition) is 6. The Kier molecular flexibility index (Phi) is 6.18. The molecule has 1 aliphatic heterocycles. The van der Waals surface area contributed by atoms with Crippen LogP contribution < -0.4 is 15.7 Å². The normalized spacial score (nSPS) is 14.7. The van der Waals surface area contributed by atoms with Crippen LogP contribution in [0.25, 0.3) is 17.0 Å². The molecule has 1 aromatic carbocycles. The van der Waals surface area contributed by atoms with E-state index in [1.165, 1.54) is 6.08 Å². The Balaban J connectivity index is 1.38. The first-order chi connectivity index (χ1) is 15.1. The SMILES string of the molecule is O=C(C=Cc1ccccc1N1CCC(NC(=O)c2ccc3cnccc3n2)CC1)NO. The van der Waals surface area contributed by atoms with Gasteiger partial charge in [-0.25, -0.2) is 10.5 Å². The number of amides is 2. The van der Waals surface area contributed by atoms with Crippen LogP contribution in [0.5, 0.6) is 0 Å². The Bertz CT molecular complexity index is 1120. The van der Waals surface area contributed by atoms with Crippen molar-refractivity contribution in [2.75, 3.05) is 18.0 Å². The van der Waals surface area contributed by atoms with Gasteiger partial charge in [0.1, 0.15) is 5.69 Å². The summed E-state index contributed by atoms with van der Waals surface area (Å²) in [6.45, 7) is 1.55. The molecule has 1 aliphatic rings. The second-order valence-electron chi connectivity index (χ2n) is 7.37. The molecule has 1 fully saturated rings. The first-order valence-electron chi connectivity index (χ1n) is 10.1. The molecule has 1 saturated heterocycles. The van der Waals surface area contributed by atoms with Crippen LogP contribution in [0.2, 0.25) is 0 Å². The van der Waals surface area contributed by atoms with Crippen LogP contribution in [0.4, 0.5) is 5.69 Å². The van der Waals surface area contributed by atoms with Gasteiger partial charge in [-0.1, -0.05) is 18.2 Å². The fraction of sp³-hybridized carbons (Fsp3) is 0.217. The van der Waals surface area contributed by atoms with Crippen LogP contribution in [0.1, 0.15) is 28.9 Å². The van der Waals surface area contributed by atoms with E-state index >= 15 is 0 Å². The molecule has 0 bridgehead atoms. The highest BCUT2D eigenvalue weighted by Gasteiger charge is 2.22. The first-order valence-corrected chi connectivity index (χ1v) is 10.1. The molecule has 0 saturated carbocycles. The summed E-state index contributed by atoms with van der Waals surface area (Å²) in [5.74, 6) is -0.745. The highest BCUT2D eigenvalue weighted by Crippen LogP contribution is 2.25. The fourth-order valence-corrected chi connectivity index (χ4v) is 3.74. The second-order valence-corrected chi connectivity index (χ2v) is 7.37. The van der Waals surface area contributed by atoms with Gasteiger partial charge >= 0.3 is 0 Å². The third kappa shape index (κ3) is 4.87.